The molecule has 0 saturated heterocycles. The van der Waals surface area contributed by atoms with E-state index in [2.05, 4.69) is 67.7 Å². The van der Waals surface area contributed by atoms with E-state index in [0.29, 0.717) is 6.04 Å². The molecule has 4 rings (SSSR count). The number of nitrogens with zero attached hydrogens (tertiary/aromatic N) is 2. The van der Waals surface area contributed by atoms with Crippen molar-refractivity contribution < 1.29 is 0 Å². The third-order valence-electron chi connectivity index (χ3n) is 5.90. The van der Waals surface area contributed by atoms with E-state index >= 15 is 0 Å². The monoisotopic (exact) mass is 391 g/mol. The lowest BCUT2D eigenvalue weighted by Crippen LogP contribution is -2.43. The number of rotatable bonds is 3. The van der Waals surface area contributed by atoms with Crippen molar-refractivity contribution >= 4 is 23.0 Å². The van der Waals surface area contributed by atoms with Gasteiger partial charge < -0.3 is 5.32 Å². The van der Waals surface area contributed by atoms with Gasteiger partial charge in [-0.25, -0.2) is 5.01 Å². The molecule has 1 fully saturated rings. The molecular weight excluding hydrogens is 362 g/mol. The molecule has 1 aliphatic carbocycles. The Bertz CT molecular complexity index is 848. The molecule has 3 nitrogen and oxygen atoms in total. The van der Waals surface area contributed by atoms with Crippen molar-refractivity contribution in [3.8, 4) is 0 Å². The second-order valence-electron chi connectivity index (χ2n) is 8.17. The van der Waals surface area contributed by atoms with Crippen molar-refractivity contribution in [3.05, 3.63) is 70.8 Å². The molecule has 0 spiro atoms. The Morgan fingerprint density at radius 3 is 2.18 bits per heavy atom. The summed E-state index contributed by atoms with van der Waals surface area (Å²) in [6.45, 7) is 4.24. The summed E-state index contributed by atoms with van der Waals surface area (Å²) in [5.41, 5.74) is 6.10. The van der Waals surface area contributed by atoms with Gasteiger partial charge >= 0.3 is 0 Å². The number of benzene rings is 2. The van der Waals surface area contributed by atoms with E-state index < -0.39 is 0 Å². The molecule has 1 saturated carbocycles. The van der Waals surface area contributed by atoms with Crippen LogP contribution in [0.5, 0.6) is 0 Å². The molecular formula is C24H29N3S. The van der Waals surface area contributed by atoms with Crippen molar-refractivity contribution in [1.29, 1.82) is 0 Å². The minimum absolute atomic E-state index is 0.153. The largest absolute Gasteiger partial charge is 0.358 e. The Labute approximate surface area is 173 Å². The molecule has 28 heavy (non-hydrogen) atoms. The van der Waals surface area contributed by atoms with E-state index in [1.54, 1.807) is 0 Å². The first kappa shape index (κ1) is 19.1. The first-order chi connectivity index (χ1) is 13.6. The van der Waals surface area contributed by atoms with Crippen LogP contribution in [-0.2, 0) is 0 Å². The lowest BCUT2D eigenvalue weighted by molar-refractivity contribution is 0.342. The summed E-state index contributed by atoms with van der Waals surface area (Å²) in [7, 11) is 0. The highest BCUT2D eigenvalue weighted by atomic mass is 32.1. The van der Waals surface area contributed by atoms with Crippen molar-refractivity contribution in [2.75, 3.05) is 0 Å². The quantitative estimate of drug-likeness (QED) is 0.684. The van der Waals surface area contributed by atoms with Gasteiger partial charge in [-0.3, -0.25) is 0 Å². The van der Waals surface area contributed by atoms with Crippen molar-refractivity contribution in [1.82, 2.24) is 10.3 Å². The Balaban J connectivity index is 1.59. The van der Waals surface area contributed by atoms with Gasteiger partial charge in [0.1, 0.15) is 0 Å². The fraction of sp³-hybridized carbons (Fsp3) is 0.417. The van der Waals surface area contributed by atoms with E-state index in [4.69, 9.17) is 17.3 Å². The average Bonchev–Trinajstić information content (AvgIpc) is 3.15. The van der Waals surface area contributed by atoms with Crippen LogP contribution in [0.15, 0.2) is 53.6 Å². The van der Waals surface area contributed by atoms with Crippen LogP contribution in [0.25, 0.3) is 0 Å². The van der Waals surface area contributed by atoms with E-state index in [1.807, 2.05) is 5.01 Å². The van der Waals surface area contributed by atoms with E-state index in [1.165, 1.54) is 54.4 Å². The molecule has 1 heterocycles. The van der Waals surface area contributed by atoms with Crippen LogP contribution in [-0.4, -0.2) is 21.9 Å². The molecule has 0 unspecified atom stereocenters. The molecule has 2 aromatic carbocycles. The average molecular weight is 392 g/mol. The van der Waals surface area contributed by atoms with Gasteiger partial charge in [0.2, 0.25) is 0 Å². The number of hydrogen-bond donors (Lipinski definition) is 1. The molecule has 0 aromatic heterocycles. The van der Waals surface area contributed by atoms with E-state index in [0.717, 1.165) is 17.2 Å². The molecule has 0 radical (unpaired) electrons. The molecule has 1 atom stereocenters. The number of hydrogen-bond acceptors (Lipinski definition) is 2. The summed E-state index contributed by atoms with van der Waals surface area (Å²) in [5, 5.41) is 11.4. The fourth-order valence-corrected chi connectivity index (χ4v) is 4.49. The first-order valence-electron chi connectivity index (χ1n) is 10.4. The highest BCUT2D eigenvalue weighted by molar-refractivity contribution is 7.80. The van der Waals surface area contributed by atoms with E-state index in [-0.39, 0.29) is 6.04 Å². The molecule has 4 heteroatoms. The SMILES string of the molecule is Cc1ccc(C2=NN(C(=S)NC3CCCCC3)[C@H](c3ccc(C)cc3)C2)cc1. The third-order valence-corrected chi connectivity index (χ3v) is 6.20. The van der Waals surface area contributed by atoms with Crippen LogP contribution in [0.4, 0.5) is 0 Å². The normalized spacial score (nSPS) is 20.1. The standard InChI is InChI=1S/C24H29N3S/c1-17-8-12-19(13-9-17)22-16-23(20-14-10-18(2)11-15-20)27(26-22)24(28)25-21-6-4-3-5-7-21/h8-15,21,23H,3-7,16H2,1-2H3,(H,25,28)/t23-/m0/s1. The van der Waals surface area contributed by atoms with Gasteiger partial charge in [0.05, 0.1) is 11.8 Å². The minimum Gasteiger partial charge on any atom is -0.358 e. The number of nitrogens with one attached hydrogen (secondary N) is 1. The molecule has 1 N–H and O–H groups in total. The molecule has 146 valence electrons. The second-order valence-corrected chi connectivity index (χ2v) is 8.56. The van der Waals surface area contributed by atoms with Gasteiger partial charge in [0, 0.05) is 12.5 Å². The maximum atomic E-state index is 5.83. The Kier molecular flexibility index (Phi) is 5.77. The summed E-state index contributed by atoms with van der Waals surface area (Å²) >= 11 is 5.83. The second kappa shape index (κ2) is 8.44. The number of hydrazone groups is 1. The van der Waals surface area contributed by atoms with Crippen LogP contribution >= 0.6 is 12.2 Å². The van der Waals surface area contributed by atoms with Crippen molar-refractivity contribution in [2.24, 2.45) is 5.10 Å². The van der Waals surface area contributed by atoms with Crippen LogP contribution in [0.3, 0.4) is 0 Å². The fourth-order valence-electron chi connectivity index (χ4n) is 4.15. The number of thiocarbonyl (C=S) groups is 1. The van der Waals surface area contributed by atoms with Gasteiger partial charge in [0.15, 0.2) is 5.11 Å². The summed E-state index contributed by atoms with van der Waals surface area (Å²) in [4.78, 5) is 0. The minimum atomic E-state index is 0.153. The zero-order valence-corrected chi connectivity index (χ0v) is 17.6. The molecule has 0 amide bonds. The lowest BCUT2D eigenvalue weighted by atomic mass is 9.95. The van der Waals surface area contributed by atoms with Gasteiger partial charge in [-0.2, -0.15) is 5.10 Å². The highest BCUT2D eigenvalue weighted by Crippen LogP contribution is 2.33. The highest BCUT2D eigenvalue weighted by Gasteiger charge is 2.32. The Hall–Kier alpha value is -2.20. The van der Waals surface area contributed by atoms with Gasteiger partial charge in [-0.05, 0) is 50.0 Å². The topological polar surface area (TPSA) is 27.6 Å². The van der Waals surface area contributed by atoms with Crippen LogP contribution in [0, 0.1) is 13.8 Å². The summed E-state index contributed by atoms with van der Waals surface area (Å²) in [5.74, 6) is 0. The Morgan fingerprint density at radius 1 is 0.929 bits per heavy atom. The maximum Gasteiger partial charge on any atom is 0.190 e. The van der Waals surface area contributed by atoms with Crippen molar-refractivity contribution in [3.63, 3.8) is 0 Å². The van der Waals surface area contributed by atoms with Crippen LogP contribution in [0.1, 0.15) is 66.8 Å². The van der Waals surface area contributed by atoms with Gasteiger partial charge in [-0.15, -0.1) is 0 Å². The van der Waals surface area contributed by atoms with Crippen LogP contribution < -0.4 is 5.32 Å². The molecule has 2 aliphatic rings. The third kappa shape index (κ3) is 4.27. The first-order valence-corrected chi connectivity index (χ1v) is 10.8. The summed E-state index contributed by atoms with van der Waals surface area (Å²) in [6.07, 6.45) is 7.21. The Morgan fingerprint density at radius 2 is 1.54 bits per heavy atom. The smallest absolute Gasteiger partial charge is 0.190 e. The zero-order valence-electron chi connectivity index (χ0n) is 16.8. The molecule has 1 aliphatic heterocycles. The zero-order chi connectivity index (χ0) is 19.5. The van der Waals surface area contributed by atoms with Gasteiger partial charge in [-0.1, -0.05) is 78.9 Å². The predicted octanol–water partition coefficient (Wildman–Crippen LogP) is 5.66. The summed E-state index contributed by atoms with van der Waals surface area (Å²) < 4.78 is 0. The molecule has 0 bridgehead atoms. The maximum absolute atomic E-state index is 5.83. The predicted molar refractivity (Wildman–Crippen MR) is 121 cm³/mol. The summed E-state index contributed by atoms with van der Waals surface area (Å²) in [6, 6.07) is 18.1. The van der Waals surface area contributed by atoms with Crippen LogP contribution in [0.2, 0.25) is 0 Å². The van der Waals surface area contributed by atoms with Gasteiger partial charge in [0.25, 0.3) is 0 Å². The molecule has 2 aromatic rings. The van der Waals surface area contributed by atoms with E-state index in [9.17, 15) is 0 Å². The number of aryl methyl sites for hydroxylation is 2. The lowest BCUT2D eigenvalue weighted by Gasteiger charge is -2.30. The van der Waals surface area contributed by atoms with Crippen molar-refractivity contribution in [2.45, 2.75) is 64.5 Å².